The second-order valence-corrected chi connectivity index (χ2v) is 5.75. The highest BCUT2D eigenvalue weighted by Crippen LogP contribution is 2.19. The van der Waals surface area contributed by atoms with Gasteiger partial charge in [-0.15, -0.1) is 0 Å². The number of carbonyl (C=O) groups excluding carboxylic acids is 2. The number of likely N-dealkylation sites (N-methyl/N-ethyl adjacent to an activating group) is 1. The maximum Gasteiger partial charge on any atom is 0.255 e. The van der Waals surface area contributed by atoms with Gasteiger partial charge in [0, 0.05) is 12.7 Å². The SMILES string of the molecule is CCc1ccccc1NC(=O)CN(C)C(=O)c1ccc(F)cc1Cl. The van der Waals surface area contributed by atoms with E-state index in [1.807, 2.05) is 31.2 Å². The van der Waals surface area contributed by atoms with Crippen LogP contribution in [0.5, 0.6) is 0 Å². The molecule has 0 saturated carbocycles. The van der Waals surface area contributed by atoms with Crippen molar-refractivity contribution in [1.29, 1.82) is 0 Å². The number of rotatable bonds is 5. The molecule has 2 rings (SSSR count). The Labute approximate surface area is 145 Å². The maximum absolute atomic E-state index is 13.1. The lowest BCUT2D eigenvalue weighted by molar-refractivity contribution is -0.116. The summed E-state index contributed by atoms with van der Waals surface area (Å²) in [5.41, 5.74) is 1.90. The summed E-state index contributed by atoms with van der Waals surface area (Å²) in [5.74, 6) is -1.28. The van der Waals surface area contributed by atoms with Crippen LogP contribution in [0.15, 0.2) is 42.5 Å². The van der Waals surface area contributed by atoms with Crippen LogP contribution < -0.4 is 5.32 Å². The molecule has 0 unspecified atom stereocenters. The molecular weight excluding hydrogens is 331 g/mol. The molecule has 0 aliphatic rings. The molecule has 4 nitrogen and oxygen atoms in total. The molecule has 2 aromatic rings. The van der Waals surface area contributed by atoms with E-state index in [4.69, 9.17) is 11.6 Å². The Morgan fingerprint density at radius 1 is 1.21 bits per heavy atom. The Hall–Kier alpha value is -2.40. The second-order valence-electron chi connectivity index (χ2n) is 5.34. The maximum atomic E-state index is 13.1. The highest BCUT2D eigenvalue weighted by Gasteiger charge is 2.18. The number of halogens is 2. The topological polar surface area (TPSA) is 49.4 Å². The zero-order valence-electron chi connectivity index (χ0n) is 13.5. The summed E-state index contributed by atoms with van der Waals surface area (Å²) in [4.78, 5) is 25.7. The van der Waals surface area contributed by atoms with E-state index in [0.717, 1.165) is 29.8 Å². The van der Waals surface area contributed by atoms with Gasteiger partial charge in [0.1, 0.15) is 5.82 Å². The van der Waals surface area contributed by atoms with Crippen LogP contribution in [0, 0.1) is 5.82 Å². The predicted octanol–water partition coefficient (Wildman–Crippen LogP) is 3.75. The van der Waals surface area contributed by atoms with Gasteiger partial charge in [0.15, 0.2) is 0 Å². The number of nitrogens with one attached hydrogen (secondary N) is 1. The molecule has 0 radical (unpaired) electrons. The molecule has 6 heteroatoms. The van der Waals surface area contributed by atoms with Crippen LogP contribution in [-0.4, -0.2) is 30.3 Å². The van der Waals surface area contributed by atoms with E-state index in [1.54, 1.807) is 0 Å². The standard InChI is InChI=1S/C18H18ClFN2O2/c1-3-12-6-4-5-7-16(12)21-17(23)11-22(2)18(24)14-9-8-13(20)10-15(14)19/h4-10H,3,11H2,1-2H3,(H,21,23). The lowest BCUT2D eigenvalue weighted by Crippen LogP contribution is -2.35. The van der Waals surface area contributed by atoms with Crippen LogP contribution in [-0.2, 0) is 11.2 Å². The third-order valence-corrected chi connectivity index (χ3v) is 3.87. The molecule has 0 atom stereocenters. The van der Waals surface area contributed by atoms with Gasteiger partial charge < -0.3 is 10.2 Å². The number of para-hydroxylation sites is 1. The van der Waals surface area contributed by atoms with Crippen LogP contribution >= 0.6 is 11.6 Å². The molecule has 2 amide bonds. The fourth-order valence-electron chi connectivity index (χ4n) is 2.30. The first-order valence-corrected chi connectivity index (χ1v) is 7.88. The second kappa shape index (κ2) is 7.93. The molecule has 0 bridgehead atoms. The number of benzene rings is 2. The van der Waals surface area contributed by atoms with Crippen LogP contribution in [0.3, 0.4) is 0 Å². The summed E-state index contributed by atoms with van der Waals surface area (Å²) in [6.45, 7) is 1.86. The van der Waals surface area contributed by atoms with Crippen molar-refractivity contribution in [3.05, 3.63) is 64.4 Å². The first-order valence-electron chi connectivity index (χ1n) is 7.50. The Kier molecular flexibility index (Phi) is 5.93. The van der Waals surface area contributed by atoms with Gasteiger partial charge >= 0.3 is 0 Å². The largest absolute Gasteiger partial charge is 0.332 e. The summed E-state index contributed by atoms with van der Waals surface area (Å²) >= 11 is 5.89. The third-order valence-electron chi connectivity index (χ3n) is 3.56. The first-order chi connectivity index (χ1) is 11.4. The lowest BCUT2D eigenvalue weighted by atomic mass is 10.1. The summed E-state index contributed by atoms with van der Waals surface area (Å²) in [5, 5.41) is 2.81. The highest BCUT2D eigenvalue weighted by molar-refractivity contribution is 6.33. The van der Waals surface area contributed by atoms with E-state index in [-0.39, 0.29) is 23.0 Å². The van der Waals surface area contributed by atoms with E-state index >= 15 is 0 Å². The Balaban J connectivity index is 2.04. The normalized spacial score (nSPS) is 10.3. The monoisotopic (exact) mass is 348 g/mol. The van der Waals surface area contributed by atoms with E-state index in [2.05, 4.69) is 5.32 Å². The summed E-state index contributed by atoms with van der Waals surface area (Å²) in [7, 11) is 1.49. The van der Waals surface area contributed by atoms with Gasteiger partial charge in [-0.1, -0.05) is 36.7 Å². The number of nitrogens with zero attached hydrogens (tertiary/aromatic N) is 1. The van der Waals surface area contributed by atoms with Gasteiger partial charge in [0.25, 0.3) is 5.91 Å². The van der Waals surface area contributed by atoms with Crippen LogP contribution in [0.25, 0.3) is 0 Å². The van der Waals surface area contributed by atoms with E-state index in [9.17, 15) is 14.0 Å². The van der Waals surface area contributed by atoms with Gasteiger partial charge in [-0.25, -0.2) is 4.39 Å². The lowest BCUT2D eigenvalue weighted by Gasteiger charge is -2.18. The minimum atomic E-state index is -0.520. The van der Waals surface area contributed by atoms with E-state index < -0.39 is 11.7 Å². The molecule has 1 N–H and O–H groups in total. The summed E-state index contributed by atoms with van der Waals surface area (Å²) in [6.07, 6.45) is 0.788. The van der Waals surface area contributed by atoms with Crippen molar-refractivity contribution in [2.24, 2.45) is 0 Å². The van der Waals surface area contributed by atoms with Crippen molar-refractivity contribution < 1.29 is 14.0 Å². The van der Waals surface area contributed by atoms with E-state index in [0.29, 0.717) is 0 Å². The molecule has 0 saturated heterocycles. The molecule has 0 aromatic heterocycles. The minimum Gasteiger partial charge on any atom is -0.332 e. The van der Waals surface area contributed by atoms with Crippen molar-refractivity contribution in [2.45, 2.75) is 13.3 Å². The number of aryl methyl sites for hydroxylation is 1. The van der Waals surface area contributed by atoms with Crippen LogP contribution in [0.4, 0.5) is 10.1 Å². The molecule has 0 heterocycles. The number of carbonyl (C=O) groups is 2. The summed E-state index contributed by atoms with van der Waals surface area (Å²) < 4.78 is 13.1. The number of amides is 2. The first kappa shape index (κ1) is 17.9. The molecule has 24 heavy (non-hydrogen) atoms. The zero-order valence-corrected chi connectivity index (χ0v) is 14.2. The van der Waals surface area contributed by atoms with Crippen molar-refractivity contribution >= 4 is 29.1 Å². The van der Waals surface area contributed by atoms with Gasteiger partial charge in [-0.2, -0.15) is 0 Å². The average Bonchev–Trinajstić information content (AvgIpc) is 2.54. The Morgan fingerprint density at radius 3 is 2.58 bits per heavy atom. The number of hydrogen-bond acceptors (Lipinski definition) is 2. The van der Waals surface area contributed by atoms with Gasteiger partial charge in [0.2, 0.25) is 5.91 Å². The molecule has 0 aliphatic carbocycles. The van der Waals surface area contributed by atoms with Crippen LogP contribution in [0.2, 0.25) is 5.02 Å². The quantitative estimate of drug-likeness (QED) is 0.894. The number of hydrogen-bond donors (Lipinski definition) is 1. The minimum absolute atomic E-state index is 0.0172. The third kappa shape index (κ3) is 4.32. The zero-order chi connectivity index (χ0) is 17.7. The fraction of sp³-hybridized carbons (Fsp3) is 0.222. The van der Waals surface area contributed by atoms with Crippen molar-refractivity contribution in [3.63, 3.8) is 0 Å². The molecular formula is C18H18ClFN2O2. The molecule has 0 fully saturated rings. The van der Waals surface area contributed by atoms with Crippen LogP contribution in [0.1, 0.15) is 22.8 Å². The fourth-order valence-corrected chi connectivity index (χ4v) is 2.54. The van der Waals surface area contributed by atoms with Crippen molar-refractivity contribution in [2.75, 3.05) is 18.9 Å². The van der Waals surface area contributed by atoms with Crippen molar-refractivity contribution in [3.8, 4) is 0 Å². The highest BCUT2D eigenvalue weighted by atomic mass is 35.5. The van der Waals surface area contributed by atoms with Gasteiger partial charge in [-0.05, 0) is 36.2 Å². The average molecular weight is 349 g/mol. The van der Waals surface area contributed by atoms with Gasteiger partial charge in [-0.3, -0.25) is 9.59 Å². The van der Waals surface area contributed by atoms with Crippen molar-refractivity contribution in [1.82, 2.24) is 4.90 Å². The smallest absolute Gasteiger partial charge is 0.255 e. The van der Waals surface area contributed by atoms with E-state index in [1.165, 1.54) is 18.0 Å². The number of anilines is 1. The molecule has 0 aliphatic heterocycles. The Bertz CT molecular complexity index is 764. The Morgan fingerprint density at radius 2 is 1.92 bits per heavy atom. The molecule has 2 aromatic carbocycles. The molecule has 0 spiro atoms. The summed E-state index contributed by atoms with van der Waals surface area (Å²) in [6, 6.07) is 11.0. The molecule has 126 valence electrons. The van der Waals surface area contributed by atoms with Gasteiger partial charge in [0.05, 0.1) is 17.1 Å². The predicted molar refractivity (Wildman–Crippen MR) is 92.8 cm³/mol.